The molecule has 0 heterocycles. The van der Waals surface area contributed by atoms with Gasteiger partial charge in [0.25, 0.3) is 11.8 Å². The number of hydrogen-bond acceptors (Lipinski definition) is 4. The van der Waals surface area contributed by atoms with Crippen molar-refractivity contribution in [2.75, 3.05) is 18.0 Å². The van der Waals surface area contributed by atoms with Crippen molar-refractivity contribution in [3.8, 4) is 0 Å². The SMILES string of the molecule is CCN(CC)c1ccc(/C=N/NC(=O)/C(=C/C=C/c2ccccc2)NC(=O)c2ccccc2)cc1. The Morgan fingerprint density at radius 3 is 2.09 bits per heavy atom. The topological polar surface area (TPSA) is 73.8 Å². The molecule has 0 radical (unpaired) electrons. The monoisotopic (exact) mass is 466 g/mol. The van der Waals surface area contributed by atoms with E-state index in [4.69, 9.17) is 0 Å². The van der Waals surface area contributed by atoms with Crippen LogP contribution in [0.25, 0.3) is 6.08 Å². The van der Waals surface area contributed by atoms with E-state index in [1.807, 2.05) is 66.7 Å². The highest BCUT2D eigenvalue weighted by Crippen LogP contribution is 2.14. The van der Waals surface area contributed by atoms with E-state index in [1.165, 1.54) is 0 Å². The number of hydrazone groups is 1. The van der Waals surface area contributed by atoms with Crippen molar-refractivity contribution in [3.63, 3.8) is 0 Å². The molecule has 0 atom stereocenters. The van der Waals surface area contributed by atoms with Gasteiger partial charge < -0.3 is 10.2 Å². The molecular weight excluding hydrogens is 436 g/mol. The molecule has 3 aromatic rings. The highest BCUT2D eigenvalue weighted by Gasteiger charge is 2.13. The van der Waals surface area contributed by atoms with Crippen LogP contribution in [-0.2, 0) is 4.79 Å². The van der Waals surface area contributed by atoms with Crippen molar-refractivity contribution in [2.24, 2.45) is 5.10 Å². The van der Waals surface area contributed by atoms with Crippen LogP contribution >= 0.6 is 0 Å². The first-order valence-corrected chi connectivity index (χ1v) is 11.6. The average Bonchev–Trinajstić information content (AvgIpc) is 2.90. The van der Waals surface area contributed by atoms with Gasteiger partial charge >= 0.3 is 0 Å². The summed E-state index contributed by atoms with van der Waals surface area (Å²) in [6.45, 7) is 6.10. The van der Waals surface area contributed by atoms with Crippen LogP contribution in [-0.4, -0.2) is 31.1 Å². The van der Waals surface area contributed by atoms with Crippen molar-refractivity contribution in [2.45, 2.75) is 13.8 Å². The molecule has 178 valence electrons. The van der Waals surface area contributed by atoms with Crippen molar-refractivity contribution < 1.29 is 9.59 Å². The maximum absolute atomic E-state index is 12.8. The van der Waals surface area contributed by atoms with Crippen LogP contribution in [0.15, 0.2) is 108 Å². The smallest absolute Gasteiger partial charge is 0.287 e. The summed E-state index contributed by atoms with van der Waals surface area (Å²) in [5.74, 6) is -0.904. The van der Waals surface area contributed by atoms with Crippen LogP contribution in [0.1, 0.15) is 35.3 Å². The van der Waals surface area contributed by atoms with Gasteiger partial charge in [0.2, 0.25) is 0 Å². The van der Waals surface area contributed by atoms with E-state index in [-0.39, 0.29) is 11.6 Å². The van der Waals surface area contributed by atoms with Crippen LogP contribution in [0.4, 0.5) is 5.69 Å². The minimum absolute atomic E-state index is 0.0834. The fraction of sp³-hybridized carbons (Fsp3) is 0.138. The second-order valence-corrected chi connectivity index (χ2v) is 7.63. The van der Waals surface area contributed by atoms with E-state index in [0.29, 0.717) is 5.56 Å². The molecule has 3 rings (SSSR count). The normalized spacial score (nSPS) is 11.5. The lowest BCUT2D eigenvalue weighted by atomic mass is 10.2. The van der Waals surface area contributed by atoms with Gasteiger partial charge in [0.1, 0.15) is 5.70 Å². The van der Waals surface area contributed by atoms with Crippen LogP contribution in [0, 0.1) is 0 Å². The minimum atomic E-state index is -0.525. The molecule has 0 saturated carbocycles. The number of allylic oxidation sites excluding steroid dienone is 2. The molecule has 0 unspecified atom stereocenters. The zero-order valence-electron chi connectivity index (χ0n) is 20.0. The van der Waals surface area contributed by atoms with Gasteiger partial charge in [-0.15, -0.1) is 0 Å². The number of amides is 2. The van der Waals surface area contributed by atoms with E-state index in [0.717, 1.165) is 29.9 Å². The fourth-order valence-electron chi connectivity index (χ4n) is 3.36. The third-order valence-corrected chi connectivity index (χ3v) is 5.28. The van der Waals surface area contributed by atoms with Gasteiger partial charge in [0.05, 0.1) is 6.21 Å². The first kappa shape index (κ1) is 25.2. The highest BCUT2D eigenvalue weighted by molar-refractivity contribution is 6.03. The first-order valence-electron chi connectivity index (χ1n) is 11.6. The third-order valence-electron chi connectivity index (χ3n) is 5.28. The molecule has 0 aliphatic heterocycles. The Morgan fingerprint density at radius 2 is 1.46 bits per heavy atom. The van der Waals surface area contributed by atoms with E-state index in [1.54, 1.807) is 42.6 Å². The Kier molecular flexibility index (Phi) is 9.57. The van der Waals surface area contributed by atoms with Crippen LogP contribution in [0.5, 0.6) is 0 Å². The summed E-state index contributed by atoms with van der Waals surface area (Å²) in [7, 11) is 0. The van der Waals surface area contributed by atoms with Crippen molar-refractivity contribution in [1.29, 1.82) is 0 Å². The van der Waals surface area contributed by atoms with Crippen molar-refractivity contribution in [1.82, 2.24) is 10.7 Å². The van der Waals surface area contributed by atoms with Crippen LogP contribution in [0.2, 0.25) is 0 Å². The van der Waals surface area contributed by atoms with Gasteiger partial charge in [-0.3, -0.25) is 9.59 Å². The summed E-state index contributed by atoms with van der Waals surface area (Å²) >= 11 is 0. The average molecular weight is 467 g/mol. The minimum Gasteiger partial charge on any atom is -0.372 e. The molecule has 6 heteroatoms. The van der Waals surface area contributed by atoms with Gasteiger partial charge in [-0.25, -0.2) is 5.43 Å². The second kappa shape index (κ2) is 13.3. The summed E-state index contributed by atoms with van der Waals surface area (Å²) in [5.41, 5.74) is 6.00. The molecule has 0 aromatic heterocycles. The Morgan fingerprint density at radius 1 is 0.829 bits per heavy atom. The molecule has 3 aromatic carbocycles. The van der Waals surface area contributed by atoms with Crippen molar-refractivity contribution in [3.05, 3.63) is 119 Å². The largest absolute Gasteiger partial charge is 0.372 e. The molecule has 0 fully saturated rings. The summed E-state index contributed by atoms with van der Waals surface area (Å²) < 4.78 is 0. The molecule has 0 aliphatic carbocycles. The summed E-state index contributed by atoms with van der Waals surface area (Å²) in [5, 5.41) is 6.75. The lowest BCUT2D eigenvalue weighted by Gasteiger charge is -2.20. The molecule has 0 bridgehead atoms. The molecule has 35 heavy (non-hydrogen) atoms. The van der Waals surface area contributed by atoms with Crippen LogP contribution < -0.4 is 15.6 Å². The van der Waals surface area contributed by atoms with Crippen LogP contribution in [0.3, 0.4) is 0 Å². The number of carbonyl (C=O) groups is 2. The maximum atomic E-state index is 12.8. The zero-order valence-corrected chi connectivity index (χ0v) is 20.0. The lowest BCUT2D eigenvalue weighted by Crippen LogP contribution is -2.32. The summed E-state index contributed by atoms with van der Waals surface area (Å²) in [4.78, 5) is 27.7. The van der Waals surface area contributed by atoms with Crippen molar-refractivity contribution >= 4 is 29.8 Å². The number of benzene rings is 3. The molecule has 0 spiro atoms. The molecule has 0 aliphatic rings. The molecular formula is C29H30N4O2. The van der Waals surface area contributed by atoms with Gasteiger partial charge in [-0.2, -0.15) is 5.10 Å². The van der Waals surface area contributed by atoms with E-state index < -0.39 is 5.91 Å². The molecule has 2 amide bonds. The quantitative estimate of drug-likeness (QED) is 0.191. The highest BCUT2D eigenvalue weighted by atomic mass is 16.2. The van der Waals surface area contributed by atoms with Gasteiger partial charge in [-0.1, -0.05) is 72.8 Å². The van der Waals surface area contributed by atoms with Gasteiger partial charge in [0.15, 0.2) is 0 Å². The first-order chi connectivity index (χ1) is 17.1. The lowest BCUT2D eigenvalue weighted by molar-refractivity contribution is -0.117. The number of rotatable bonds is 10. The maximum Gasteiger partial charge on any atom is 0.287 e. The van der Waals surface area contributed by atoms with Gasteiger partial charge in [-0.05, 0) is 55.3 Å². The molecule has 6 nitrogen and oxygen atoms in total. The second-order valence-electron chi connectivity index (χ2n) is 7.63. The number of nitrogens with one attached hydrogen (secondary N) is 2. The van der Waals surface area contributed by atoms with E-state index in [2.05, 4.69) is 34.6 Å². The van der Waals surface area contributed by atoms with E-state index >= 15 is 0 Å². The number of hydrogen-bond donors (Lipinski definition) is 2. The summed E-state index contributed by atoms with van der Waals surface area (Å²) in [6.07, 6.45) is 6.69. The zero-order chi connectivity index (χ0) is 24.9. The standard InChI is InChI=1S/C29H30N4O2/c1-3-33(4-2)26-20-18-24(19-21-26)22-30-32-29(35)27(17-11-14-23-12-7-5-8-13-23)31-28(34)25-15-9-6-10-16-25/h5-22H,3-4H2,1-2H3,(H,31,34)(H,32,35)/b14-11+,27-17-,30-22+. The Labute approximate surface area is 206 Å². The van der Waals surface area contributed by atoms with E-state index in [9.17, 15) is 9.59 Å². The summed E-state index contributed by atoms with van der Waals surface area (Å²) in [6, 6.07) is 26.3. The third kappa shape index (κ3) is 7.82. The predicted octanol–water partition coefficient (Wildman–Crippen LogP) is 5.01. The Balaban J connectivity index is 1.71. The number of anilines is 1. The Bertz CT molecular complexity index is 1180. The Hall–Kier alpha value is -4.45. The number of nitrogens with zero attached hydrogens (tertiary/aromatic N) is 2. The van der Waals surface area contributed by atoms with Gasteiger partial charge in [0, 0.05) is 24.3 Å². The molecule has 2 N–H and O–H groups in total. The fourth-order valence-corrected chi connectivity index (χ4v) is 3.36. The number of carbonyl (C=O) groups excluding carboxylic acids is 2. The predicted molar refractivity (Wildman–Crippen MR) is 143 cm³/mol. The molecule has 0 saturated heterocycles.